The zero-order valence-electron chi connectivity index (χ0n) is 9.78. The number of nitrogens with zero attached hydrogens (tertiary/aromatic N) is 1. The molecular weight excluding hydrogens is 224 g/mol. The van der Waals surface area contributed by atoms with Gasteiger partial charge in [-0.1, -0.05) is 11.6 Å². The molecule has 0 spiro atoms. The van der Waals surface area contributed by atoms with Crippen LogP contribution in [0, 0.1) is 5.92 Å². The van der Waals surface area contributed by atoms with Crippen molar-refractivity contribution in [2.45, 2.75) is 19.3 Å². The van der Waals surface area contributed by atoms with Crippen molar-refractivity contribution in [2.24, 2.45) is 5.92 Å². The molecule has 1 atom stereocenters. The van der Waals surface area contributed by atoms with Gasteiger partial charge in [0.05, 0.1) is 6.26 Å². The first-order valence-electron chi connectivity index (χ1n) is 5.91. The molecule has 2 rings (SSSR count). The standard InChI is InChI=1S/C11H20N2O2S/c1-16(14,15)13-6-2-3-11(9-13)7-10-4-5-12-8-10/h7,11-12H,2-6,8-9H2,1H3. The quantitative estimate of drug-likeness (QED) is 0.723. The number of rotatable bonds is 2. The third-order valence-corrected chi connectivity index (χ3v) is 4.61. The van der Waals surface area contributed by atoms with E-state index in [4.69, 9.17) is 0 Å². The molecule has 1 N–H and O–H groups in total. The van der Waals surface area contributed by atoms with Gasteiger partial charge >= 0.3 is 0 Å². The average Bonchev–Trinajstić information content (AvgIpc) is 2.70. The van der Waals surface area contributed by atoms with Crippen LogP contribution in [0.15, 0.2) is 11.6 Å². The highest BCUT2D eigenvalue weighted by atomic mass is 32.2. The minimum Gasteiger partial charge on any atom is -0.313 e. The fourth-order valence-corrected chi connectivity index (χ4v) is 3.40. The zero-order chi connectivity index (χ0) is 11.6. The Labute approximate surface area is 97.8 Å². The van der Waals surface area contributed by atoms with Crippen LogP contribution in [0.25, 0.3) is 0 Å². The highest BCUT2D eigenvalue weighted by Crippen LogP contribution is 2.22. The Morgan fingerprint density at radius 3 is 2.94 bits per heavy atom. The molecule has 0 saturated carbocycles. The molecule has 5 heteroatoms. The van der Waals surface area contributed by atoms with Gasteiger partial charge in [-0.15, -0.1) is 0 Å². The summed E-state index contributed by atoms with van der Waals surface area (Å²) in [6.45, 7) is 3.41. The second-order valence-electron chi connectivity index (χ2n) is 4.78. The van der Waals surface area contributed by atoms with Gasteiger partial charge in [-0.3, -0.25) is 0 Å². The van der Waals surface area contributed by atoms with E-state index in [-0.39, 0.29) is 0 Å². The maximum Gasteiger partial charge on any atom is 0.211 e. The van der Waals surface area contributed by atoms with Gasteiger partial charge in [-0.2, -0.15) is 0 Å². The van der Waals surface area contributed by atoms with E-state index in [0.717, 1.165) is 32.4 Å². The maximum absolute atomic E-state index is 11.5. The van der Waals surface area contributed by atoms with E-state index in [1.165, 1.54) is 11.8 Å². The Kier molecular flexibility index (Phi) is 3.66. The van der Waals surface area contributed by atoms with Gasteiger partial charge in [0.25, 0.3) is 0 Å². The number of piperidine rings is 1. The lowest BCUT2D eigenvalue weighted by Gasteiger charge is -2.29. The molecule has 0 aliphatic carbocycles. The van der Waals surface area contributed by atoms with Crippen LogP contribution < -0.4 is 5.32 Å². The van der Waals surface area contributed by atoms with E-state index >= 15 is 0 Å². The smallest absolute Gasteiger partial charge is 0.211 e. The van der Waals surface area contributed by atoms with E-state index in [1.54, 1.807) is 4.31 Å². The van der Waals surface area contributed by atoms with Crippen LogP contribution in [-0.2, 0) is 10.0 Å². The summed E-state index contributed by atoms with van der Waals surface area (Å²) in [4.78, 5) is 0. The number of hydrogen-bond donors (Lipinski definition) is 1. The number of nitrogens with one attached hydrogen (secondary N) is 1. The lowest BCUT2D eigenvalue weighted by molar-refractivity contribution is 0.301. The van der Waals surface area contributed by atoms with Crippen molar-refractivity contribution in [2.75, 3.05) is 32.4 Å². The van der Waals surface area contributed by atoms with Crippen molar-refractivity contribution in [3.8, 4) is 0 Å². The van der Waals surface area contributed by atoms with E-state index < -0.39 is 10.0 Å². The summed E-state index contributed by atoms with van der Waals surface area (Å²) >= 11 is 0. The second kappa shape index (κ2) is 4.85. The Morgan fingerprint density at radius 2 is 2.31 bits per heavy atom. The third-order valence-electron chi connectivity index (χ3n) is 3.34. The van der Waals surface area contributed by atoms with Crippen LogP contribution in [0.1, 0.15) is 19.3 Å². The van der Waals surface area contributed by atoms with Crippen LogP contribution in [0.4, 0.5) is 0 Å². The van der Waals surface area contributed by atoms with Gasteiger partial charge in [0, 0.05) is 19.6 Å². The average molecular weight is 244 g/mol. The highest BCUT2D eigenvalue weighted by molar-refractivity contribution is 7.88. The van der Waals surface area contributed by atoms with Crippen LogP contribution >= 0.6 is 0 Å². The fourth-order valence-electron chi connectivity index (χ4n) is 2.47. The normalized spacial score (nSPS) is 31.1. The molecule has 2 fully saturated rings. The van der Waals surface area contributed by atoms with Crippen molar-refractivity contribution in [1.82, 2.24) is 9.62 Å². The largest absolute Gasteiger partial charge is 0.313 e. The van der Waals surface area contributed by atoms with E-state index in [2.05, 4.69) is 11.4 Å². The highest BCUT2D eigenvalue weighted by Gasteiger charge is 2.25. The van der Waals surface area contributed by atoms with Crippen LogP contribution in [0.3, 0.4) is 0 Å². The van der Waals surface area contributed by atoms with Gasteiger partial charge in [-0.25, -0.2) is 12.7 Å². The predicted octanol–water partition coefficient (Wildman–Crippen LogP) is 0.578. The van der Waals surface area contributed by atoms with Crippen LogP contribution in [0.5, 0.6) is 0 Å². The minimum absolute atomic E-state index is 0.415. The molecule has 1 unspecified atom stereocenters. The summed E-state index contributed by atoms with van der Waals surface area (Å²) in [5.74, 6) is 0.415. The molecule has 0 bridgehead atoms. The fraction of sp³-hybridized carbons (Fsp3) is 0.818. The van der Waals surface area contributed by atoms with Crippen molar-refractivity contribution < 1.29 is 8.42 Å². The summed E-state index contributed by atoms with van der Waals surface area (Å²) in [5.41, 5.74) is 1.44. The van der Waals surface area contributed by atoms with Gasteiger partial charge in [0.2, 0.25) is 10.0 Å². The van der Waals surface area contributed by atoms with Crippen molar-refractivity contribution in [3.63, 3.8) is 0 Å². The Hall–Kier alpha value is -0.390. The van der Waals surface area contributed by atoms with Gasteiger partial charge in [0.15, 0.2) is 0 Å². The Balaban J connectivity index is 1.99. The number of sulfonamides is 1. The topological polar surface area (TPSA) is 49.4 Å². The van der Waals surface area contributed by atoms with E-state index in [1.807, 2.05) is 0 Å². The monoisotopic (exact) mass is 244 g/mol. The first-order chi connectivity index (χ1) is 7.55. The molecule has 2 aliphatic rings. The SMILES string of the molecule is CS(=O)(=O)N1CCCC(C=C2CCNC2)C1. The van der Waals surface area contributed by atoms with Crippen molar-refractivity contribution >= 4 is 10.0 Å². The van der Waals surface area contributed by atoms with Crippen molar-refractivity contribution in [3.05, 3.63) is 11.6 Å². The van der Waals surface area contributed by atoms with Crippen LogP contribution in [0.2, 0.25) is 0 Å². The van der Waals surface area contributed by atoms with Gasteiger partial charge < -0.3 is 5.32 Å². The predicted molar refractivity (Wildman–Crippen MR) is 64.7 cm³/mol. The molecular formula is C11H20N2O2S. The van der Waals surface area contributed by atoms with E-state index in [0.29, 0.717) is 19.0 Å². The number of hydrogen-bond acceptors (Lipinski definition) is 3. The molecule has 0 aromatic carbocycles. The Bertz CT molecular complexity index is 367. The molecule has 0 aromatic heterocycles. The molecule has 0 radical (unpaired) electrons. The van der Waals surface area contributed by atoms with Gasteiger partial charge in [-0.05, 0) is 31.7 Å². The molecule has 4 nitrogen and oxygen atoms in total. The summed E-state index contributed by atoms with van der Waals surface area (Å²) in [5, 5.41) is 3.30. The van der Waals surface area contributed by atoms with Crippen LogP contribution in [-0.4, -0.2) is 45.2 Å². The third kappa shape index (κ3) is 3.06. The first kappa shape index (κ1) is 12.1. The zero-order valence-corrected chi connectivity index (χ0v) is 10.6. The maximum atomic E-state index is 11.5. The molecule has 2 saturated heterocycles. The lowest BCUT2D eigenvalue weighted by atomic mass is 9.96. The van der Waals surface area contributed by atoms with E-state index in [9.17, 15) is 8.42 Å². The summed E-state index contributed by atoms with van der Waals surface area (Å²) in [6, 6.07) is 0. The molecule has 2 aliphatic heterocycles. The lowest BCUT2D eigenvalue weighted by Crippen LogP contribution is -2.38. The summed E-state index contributed by atoms with van der Waals surface area (Å²) in [7, 11) is -3.00. The molecule has 0 aromatic rings. The molecule has 2 heterocycles. The van der Waals surface area contributed by atoms with Crippen molar-refractivity contribution in [1.29, 1.82) is 0 Å². The summed E-state index contributed by atoms with van der Waals surface area (Å²) in [6.07, 6.45) is 6.82. The summed E-state index contributed by atoms with van der Waals surface area (Å²) < 4.78 is 24.5. The second-order valence-corrected chi connectivity index (χ2v) is 6.76. The van der Waals surface area contributed by atoms with Gasteiger partial charge in [0.1, 0.15) is 0 Å². The Morgan fingerprint density at radius 1 is 1.50 bits per heavy atom. The first-order valence-corrected chi connectivity index (χ1v) is 7.76. The molecule has 16 heavy (non-hydrogen) atoms. The molecule has 92 valence electrons. The molecule has 0 amide bonds. The minimum atomic E-state index is -3.00.